The highest BCUT2D eigenvalue weighted by Crippen LogP contribution is 2.17. The summed E-state index contributed by atoms with van der Waals surface area (Å²) in [5, 5.41) is 0. The molecule has 1 fully saturated rings. The van der Waals surface area contributed by atoms with Crippen LogP contribution in [0.3, 0.4) is 0 Å². The lowest BCUT2D eigenvalue weighted by atomic mass is 10.1. The van der Waals surface area contributed by atoms with Crippen molar-refractivity contribution >= 4 is 16.1 Å². The fourth-order valence-electron chi connectivity index (χ4n) is 2.99. The van der Waals surface area contributed by atoms with Crippen molar-refractivity contribution in [2.75, 3.05) is 39.4 Å². The molecule has 1 N–H and O–H groups in total. The van der Waals surface area contributed by atoms with E-state index in [0.717, 1.165) is 69.9 Å². The molecule has 7 nitrogen and oxygen atoms in total. The number of aryl methyl sites for hydroxylation is 1. The van der Waals surface area contributed by atoms with E-state index in [1.807, 2.05) is 6.92 Å². The van der Waals surface area contributed by atoms with Crippen LogP contribution in [0.5, 0.6) is 0 Å². The third-order valence-electron chi connectivity index (χ3n) is 4.79. The highest BCUT2D eigenvalue weighted by atomic mass is 32.2. The lowest BCUT2D eigenvalue weighted by molar-refractivity contribution is 0.0395. The molecule has 1 heterocycles. The van der Waals surface area contributed by atoms with E-state index >= 15 is 0 Å². The number of hydrogen-bond acceptors (Lipinski definition) is 6. The van der Waals surface area contributed by atoms with Crippen LogP contribution in [0.25, 0.3) is 0 Å². The van der Waals surface area contributed by atoms with Crippen molar-refractivity contribution in [1.82, 2.24) is 4.90 Å². The van der Waals surface area contributed by atoms with Gasteiger partial charge in [-0.1, -0.05) is 25.1 Å². The third-order valence-corrected chi connectivity index (χ3v) is 5.66. The molecular formula is C21H31N3O4S. The Kier molecular flexibility index (Phi) is 10.2. The number of nitrogens with zero attached hydrogens (tertiary/aromatic N) is 3. The van der Waals surface area contributed by atoms with Gasteiger partial charge in [0.05, 0.1) is 30.7 Å². The van der Waals surface area contributed by atoms with Crippen LogP contribution in [0.1, 0.15) is 38.2 Å². The first-order chi connectivity index (χ1) is 14.0. The topological polar surface area (TPSA) is 91.6 Å². The second-order valence-electron chi connectivity index (χ2n) is 6.96. The van der Waals surface area contributed by atoms with E-state index in [0.29, 0.717) is 0 Å². The number of hydrogen-bond donors (Lipinski definition) is 1. The molecule has 1 aromatic carbocycles. The van der Waals surface area contributed by atoms with Gasteiger partial charge >= 0.3 is 0 Å². The van der Waals surface area contributed by atoms with Gasteiger partial charge in [0, 0.05) is 25.3 Å². The zero-order valence-corrected chi connectivity index (χ0v) is 17.9. The van der Waals surface area contributed by atoms with Crippen LogP contribution in [0.2, 0.25) is 0 Å². The minimum atomic E-state index is -4.03. The smallest absolute Gasteiger partial charge is 0.294 e. The first kappa shape index (κ1) is 23.4. The number of allylic oxidation sites excluding steroid dienone is 2. The van der Waals surface area contributed by atoms with E-state index < -0.39 is 10.1 Å². The summed E-state index contributed by atoms with van der Waals surface area (Å²) in [6.45, 7) is 7.51. The molecule has 0 spiro atoms. The number of rotatable bonds is 6. The van der Waals surface area contributed by atoms with Gasteiger partial charge in [0.15, 0.2) is 0 Å². The Morgan fingerprint density at radius 2 is 1.90 bits per heavy atom. The lowest BCUT2D eigenvalue weighted by Gasteiger charge is -2.25. The Hall–Kier alpha value is -1.83. The molecule has 1 aliphatic carbocycles. The van der Waals surface area contributed by atoms with Gasteiger partial charge in [-0.05, 0) is 49.8 Å². The Morgan fingerprint density at radius 1 is 1.17 bits per heavy atom. The molecule has 1 aromatic rings. The van der Waals surface area contributed by atoms with Crippen molar-refractivity contribution in [2.45, 2.75) is 43.9 Å². The van der Waals surface area contributed by atoms with Crippen LogP contribution in [0.4, 0.5) is 0 Å². The molecule has 0 radical (unpaired) electrons. The van der Waals surface area contributed by atoms with Gasteiger partial charge in [0.25, 0.3) is 10.1 Å². The monoisotopic (exact) mass is 421 g/mol. The van der Waals surface area contributed by atoms with Crippen molar-refractivity contribution in [2.24, 2.45) is 9.98 Å². The van der Waals surface area contributed by atoms with Crippen LogP contribution in [0.15, 0.2) is 50.9 Å². The zero-order chi connectivity index (χ0) is 21.0. The van der Waals surface area contributed by atoms with Crippen molar-refractivity contribution in [3.63, 3.8) is 0 Å². The first-order valence-electron chi connectivity index (χ1n) is 10.2. The molecule has 2 aliphatic rings. The maximum Gasteiger partial charge on any atom is 0.294 e. The van der Waals surface area contributed by atoms with Crippen molar-refractivity contribution < 1.29 is 17.7 Å². The molecule has 0 bridgehead atoms. The van der Waals surface area contributed by atoms with E-state index in [-0.39, 0.29) is 4.90 Å². The summed E-state index contributed by atoms with van der Waals surface area (Å²) in [4.78, 5) is 10.8. The average molecular weight is 422 g/mol. The maximum absolute atomic E-state index is 10.6. The highest BCUT2D eigenvalue weighted by Gasteiger charge is 2.09. The summed E-state index contributed by atoms with van der Waals surface area (Å²) in [7, 11) is -4.03. The first-order valence-corrected chi connectivity index (χ1v) is 11.6. The van der Waals surface area contributed by atoms with E-state index in [4.69, 9.17) is 9.29 Å². The highest BCUT2D eigenvalue weighted by molar-refractivity contribution is 7.85. The van der Waals surface area contributed by atoms with Crippen LogP contribution >= 0.6 is 0 Å². The molecular weight excluding hydrogens is 390 g/mol. The predicted octanol–water partition coefficient (Wildman–Crippen LogP) is 3.45. The van der Waals surface area contributed by atoms with Crippen molar-refractivity contribution in [1.29, 1.82) is 0 Å². The quantitative estimate of drug-likeness (QED) is 0.561. The third kappa shape index (κ3) is 9.47. The van der Waals surface area contributed by atoms with E-state index in [1.165, 1.54) is 25.0 Å². The Morgan fingerprint density at radius 3 is 2.48 bits per heavy atom. The van der Waals surface area contributed by atoms with Crippen LogP contribution < -0.4 is 0 Å². The predicted molar refractivity (Wildman–Crippen MR) is 114 cm³/mol. The fourth-order valence-corrected chi connectivity index (χ4v) is 3.47. The normalized spacial score (nSPS) is 17.4. The molecule has 0 atom stereocenters. The number of morpholine rings is 1. The van der Waals surface area contributed by atoms with E-state index in [2.05, 4.69) is 27.0 Å². The molecule has 8 heteroatoms. The van der Waals surface area contributed by atoms with Crippen molar-refractivity contribution in [3.8, 4) is 0 Å². The second-order valence-corrected chi connectivity index (χ2v) is 8.38. The number of benzene rings is 1. The standard InChI is InChI=1S/C13H21N3O.C8H10O3S/c1-2-4-13(5-3-1)15-12-14-6-7-16-8-10-17-11-9-16;1-2-7-3-5-8(6-4-7)12(9,10)11/h4H,1-3,5-11H2;3-6H,2H2,1H3,(H,9,10,11). The molecule has 0 saturated carbocycles. The summed E-state index contributed by atoms with van der Waals surface area (Å²) in [6, 6.07) is 8.98. The Balaban J connectivity index is 0.000000221. The molecule has 160 valence electrons. The van der Waals surface area contributed by atoms with Gasteiger partial charge in [-0.25, -0.2) is 4.99 Å². The molecule has 0 aromatic heterocycles. The van der Waals surface area contributed by atoms with Crippen molar-refractivity contribution in [3.05, 3.63) is 41.6 Å². The summed E-state index contributed by atoms with van der Waals surface area (Å²) in [5.74, 6) is 0. The number of ether oxygens (including phenoxy) is 1. The van der Waals surface area contributed by atoms with Gasteiger partial charge in [0.1, 0.15) is 0 Å². The molecule has 3 rings (SSSR count). The van der Waals surface area contributed by atoms with Gasteiger partial charge in [-0.2, -0.15) is 13.4 Å². The minimum absolute atomic E-state index is 0.0558. The zero-order valence-electron chi connectivity index (χ0n) is 17.1. The van der Waals surface area contributed by atoms with Crippen LogP contribution in [-0.4, -0.2) is 63.3 Å². The fraction of sp³-hybridized carbons (Fsp3) is 0.571. The Bertz CT molecular complexity index is 807. The molecule has 0 unspecified atom stereocenters. The molecule has 29 heavy (non-hydrogen) atoms. The summed E-state index contributed by atoms with van der Waals surface area (Å²) < 4.78 is 35.1. The summed E-state index contributed by atoms with van der Waals surface area (Å²) in [5.41, 5.74) is 2.20. The van der Waals surface area contributed by atoms with Gasteiger partial charge < -0.3 is 4.74 Å². The summed E-state index contributed by atoms with van der Waals surface area (Å²) in [6.07, 6.45) is 7.86. The Labute approximate surface area is 174 Å². The van der Waals surface area contributed by atoms with Gasteiger partial charge in [-0.15, -0.1) is 0 Å². The largest absolute Gasteiger partial charge is 0.379 e. The van der Waals surface area contributed by atoms with Crippen LogP contribution in [0, 0.1) is 0 Å². The SMILES string of the molecule is C(=NCCN1CCOCC1)=NC1=CCCCC1.CCc1ccc(S(=O)(=O)O)cc1. The van der Waals surface area contributed by atoms with Crippen LogP contribution in [-0.2, 0) is 21.3 Å². The second kappa shape index (κ2) is 12.7. The van der Waals surface area contributed by atoms with E-state index in [9.17, 15) is 8.42 Å². The van der Waals surface area contributed by atoms with Gasteiger partial charge in [0.2, 0.25) is 0 Å². The summed E-state index contributed by atoms with van der Waals surface area (Å²) >= 11 is 0. The maximum atomic E-state index is 10.6. The molecule has 0 amide bonds. The minimum Gasteiger partial charge on any atom is -0.379 e. The lowest BCUT2D eigenvalue weighted by Crippen LogP contribution is -2.37. The average Bonchev–Trinajstić information content (AvgIpc) is 2.75. The molecule has 1 saturated heterocycles. The molecule has 1 aliphatic heterocycles. The number of aliphatic imine (C=N–C) groups is 2. The van der Waals surface area contributed by atoms with Gasteiger partial charge in [-0.3, -0.25) is 9.45 Å². The van der Waals surface area contributed by atoms with E-state index in [1.54, 1.807) is 12.1 Å².